The summed E-state index contributed by atoms with van der Waals surface area (Å²) in [6, 6.07) is 7.30. The third-order valence-corrected chi connectivity index (χ3v) is 3.65. The molecule has 104 valence electrons. The van der Waals surface area contributed by atoms with Crippen LogP contribution in [0.1, 0.15) is 18.9 Å². The molecule has 2 atom stereocenters. The van der Waals surface area contributed by atoms with E-state index in [1.54, 1.807) is 4.90 Å². The summed E-state index contributed by atoms with van der Waals surface area (Å²) >= 11 is 0. The fourth-order valence-electron chi connectivity index (χ4n) is 2.16. The van der Waals surface area contributed by atoms with Gasteiger partial charge in [-0.3, -0.25) is 0 Å². The zero-order chi connectivity index (χ0) is 13.8. The van der Waals surface area contributed by atoms with Crippen LogP contribution in [0.4, 0.5) is 10.5 Å². The molecule has 0 aromatic heterocycles. The number of benzene rings is 1. The van der Waals surface area contributed by atoms with Gasteiger partial charge in [-0.2, -0.15) is 0 Å². The van der Waals surface area contributed by atoms with Gasteiger partial charge < -0.3 is 21.1 Å². The molecule has 1 aromatic rings. The molecule has 1 aliphatic rings. The largest absolute Gasteiger partial charge is 0.391 e. The first-order valence-corrected chi connectivity index (χ1v) is 6.63. The maximum absolute atomic E-state index is 12.1. The van der Waals surface area contributed by atoms with E-state index in [0.29, 0.717) is 19.6 Å². The zero-order valence-electron chi connectivity index (χ0n) is 11.2. The molecule has 1 heterocycles. The molecular formula is C14H21N3O2. The number of hydrogen-bond acceptors (Lipinski definition) is 3. The lowest BCUT2D eigenvalue weighted by molar-refractivity contribution is 0.0464. The summed E-state index contributed by atoms with van der Waals surface area (Å²) in [5.74, 6) is 0.257. The third-order valence-electron chi connectivity index (χ3n) is 3.65. The molecule has 0 spiro atoms. The number of β-amino-alcohol motifs (C(OH)–C–C–N with tert-alkyl or cyclic N) is 1. The number of piperidine rings is 1. The number of likely N-dealkylation sites (tertiary alicyclic amines) is 1. The normalized spacial score (nSPS) is 23.2. The van der Waals surface area contributed by atoms with Gasteiger partial charge in [-0.05, 0) is 30.0 Å². The molecule has 0 radical (unpaired) electrons. The van der Waals surface area contributed by atoms with E-state index in [1.807, 2.05) is 31.2 Å². The summed E-state index contributed by atoms with van der Waals surface area (Å²) in [7, 11) is 0. The maximum Gasteiger partial charge on any atom is 0.321 e. The lowest BCUT2D eigenvalue weighted by atomic mass is 9.96. The van der Waals surface area contributed by atoms with E-state index in [-0.39, 0.29) is 11.9 Å². The van der Waals surface area contributed by atoms with Crippen molar-refractivity contribution in [2.45, 2.75) is 26.0 Å². The van der Waals surface area contributed by atoms with Crippen LogP contribution in [0, 0.1) is 5.92 Å². The lowest BCUT2D eigenvalue weighted by Crippen LogP contribution is -2.47. The SMILES string of the molecule is CC1CCN(C(=O)Nc2ccc(CN)cc2)CC1O. The molecule has 0 aliphatic carbocycles. The van der Waals surface area contributed by atoms with Gasteiger partial charge in [-0.25, -0.2) is 4.79 Å². The molecule has 1 aromatic carbocycles. The van der Waals surface area contributed by atoms with Crippen LogP contribution in [0.3, 0.4) is 0 Å². The molecule has 0 bridgehead atoms. The number of urea groups is 1. The number of anilines is 1. The average molecular weight is 263 g/mol. The number of nitrogens with zero attached hydrogens (tertiary/aromatic N) is 1. The molecule has 1 aliphatic heterocycles. The number of nitrogens with one attached hydrogen (secondary N) is 1. The predicted octanol–water partition coefficient (Wildman–Crippen LogP) is 1.38. The molecule has 5 nitrogen and oxygen atoms in total. The van der Waals surface area contributed by atoms with Crippen LogP contribution in [-0.4, -0.2) is 35.2 Å². The van der Waals surface area contributed by atoms with Crippen LogP contribution in [0.25, 0.3) is 0 Å². The van der Waals surface area contributed by atoms with Gasteiger partial charge in [-0.1, -0.05) is 19.1 Å². The van der Waals surface area contributed by atoms with Crippen LogP contribution in [-0.2, 0) is 6.54 Å². The van der Waals surface area contributed by atoms with Gasteiger partial charge in [0.15, 0.2) is 0 Å². The minimum atomic E-state index is -0.431. The number of carbonyl (C=O) groups excluding carboxylic acids is 1. The van der Waals surface area contributed by atoms with E-state index in [0.717, 1.165) is 17.7 Å². The number of aliphatic hydroxyl groups excluding tert-OH is 1. The Hall–Kier alpha value is -1.59. The lowest BCUT2D eigenvalue weighted by Gasteiger charge is -2.34. The summed E-state index contributed by atoms with van der Waals surface area (Å²) in [6.45, 7) is 3.58. The molecule has 19 heavy (non-hydrogen) atoms. The quantitative estimate of drug-likeness (QED) is 0.754. The van der Waals surface area contributed by atoms with Gasteiger partial charge in [0.25, 0.3) is 0 Å². The van der Waals surface area contributed by atoms with Crippen LogP contribution in [0.5, 0.6) is 0 Å². The van der Waals surface area contributed by atoms with Crippen molar-refractivity contribution in [2.24, 2.45) is 11.7 Å². The maximum atomic E-state index is 12.1. The van der Waals surface area contributed by atoms with Crippen LogP contribution in [0.15, 0.2) is 24.3 Å². The summed E-state index contributed by atoms with van der Waals surface area (Å²) in [4.78, 5) is 13.7. The molecule has 0 saturated carbocycles. The van der Waals surface area contributed by atoms with Crippen molar-refractivity contribution in [3.63, 3.8) is 0 Å². The molecular weight excluding hydrogens is 242 g/mol. The number of nitrogens with two attached hydrogens (primary N) is 1. The molecule has 4 N–H and O–H groups in total. The fourth-order valence-corrected chi connectivity index (χ4v) is 2.16. The standard InChI is InChI=1S/C14H21N3O2/c1-10-6-7-17(9-13(10)18)14(19)16-12-4-2-11(8-15)3-5-12/h2-5,10,13,18H,6-9,15H2,1H3,(H,16,19). The zero-order valence-corrected chi connectivity index (χ0v) is 11.2. The van der Waals surface area contributed by atoms with Crippen molar-refractivity contribution < 1.29 is 9.90 Å². The smallest absolute Gasteiger partial charge is 0.321 e. The highest BCUT2D eigenvalue weighted by atomic mass is 16.3. The third kappa shape index (κ3) is 3.45. The van der Waals surface area contributed by atoms with Crippen LogP contribution in [0.2, 0.25) is 0 Å². The Kier molecular flexibility index (Phi) is 4.39. The highest BCUT2D eigenvalue weighted by molar-refractivity contribution is 5.89. The second kappa shape index (κ2) is 6.04. The van der Waals surface area contributed by atoms with Gasteiger partial charge in [0.1, 0.15) is 0 Å². The Morgan fingerprint density at radius 3 is 2.74 bits per heavy atom. The van der Waals surface area contributed by atoms with Crippen molar-refractivity contribution in [2.75, 3.05) is 18.4 Å². The Balaban J connectivity index is 1.93. The first kappa shape index (κ1) is 13.8. The Bertz CT molecular complexity index is 433. The van der Waals surface area contributed by atoms with E-state index in [2.05, 4.69) is 5.32 Å². The molecule has 1 saturated heterocycles. The molecule has 2 unspecified atom stereocenters. The summed E-state index contributed by atoms with van der Waals surface area (Å²) in [6.07, 6.45) is 0.403. The first-order chi connectivity index (χ1) is 9.10. The highest BCUT2D eigenvalue weighted by Gasteiger charge is 2.27. The van der Waals surface area contributed by atoms with E-state index >= 15 is 0 Å². The molecule has 2 amide bonds. The van der Waals surface area contributed by atoms with Crippen molar-refractivity contribution >= 4 is 11.7 Å². The number of aliphatic hydroxyl groups is 1. The van der Waals surface area contributed by atoms with Crippen molar-refractivity contribution in [3.05, 3.63) is 29.8 Å². The summed E-state index contributed by atoms with van der Waals surface area (Å²) in [5, 5.41) is 12.6. The average Bonchev–Trinajstić information content (AvgIpc) is 2.42. The van der Waals surface area contributed by atoms with Crippen molar-refractivity contribution in [1.82, 2.24) is 4.90 Å². The number of rotatable bonds is 2. The minimum absolute atomic E-state index is 0.161. The van der Waals surface area contributed by atoms with Gasteiger partial charge in [0, 0.05) is 25.3 Å². The number of hydrogen-bond donors (Lipinski definition) is 3. The Morgan fingerprint density at radius 2 is 2.16 bits per heavy atom. The fraction of sp³-hybridized carbons (Fsp3) is 0.500. The molecule has 2 rings (SSSR count). The van der Waals surface area contributed by atoms with Gasteiger partial charge in [-0.15, -0.1) is 0 Å². The van der Waals surface area contributed by atoms with Crippen molar-refractivity contribution in [3.8, 4) is 0 Å². The van der Waals surface area contributed by atoms with E-state index in [1.165, 1.54) is 0 Å². The van der Waals surface area contributed by atoms with E-state index in [4.69, 9.17) is 5.73 Å². The highest BCUT2D eigenvalue weighted by Crippen LogP contribution is 2.18. The van der Waals surface area contributed by atoms with Gasteiger partial charge in [0.05, 0.1) is 6.10 Å². The Labute approximate surface area is 113 Å². The number of carbonyl (C=O) groups is 1. The van der Waals surface area contributed by atoms with Crippen LogP contribution < -0.4 is 11.1 Å². The summed E-state index contributed by atoms with van der Waals surface area (Å²) in [5.41, 5.74) is 7.30. The second-order valence-corrected chi connectivity index (χ2v) is 5.11. The van der Waals surface area contributed by atoms with Gasteiger partial charge >= 0.3 is 6.03 Å². The topological polar surface area (TPSA) is 78.6 Å². The van der Waals surface area contributed by atoms with E-state index < -0.39 is 6.10 Å². The second-order valence-electron chi connectivity index (χ2n) is 5.11. The predicted molar refractivity (Wildman–Crippen MR) is 74.7 cm³/mol. The number of amides is 2. The molecule has 1 fully saturated rings. The first-order valence-electron chi connectivity index (χ1n) is 6.63. The Morgan fingerprint density at radius 1 is 1.47 bits per heavy atom. The van der Waals surface area contributed by atoms with E-state index in [9.17, 15) is 9.90 Å². The van der Waals surface area contributed by atoms with Crippen molar-refractivity contribution in [1.29, 1.82) is 0 Å². The van der Waals surface area contributed by atoms with Gasteiger partial charge in [0.2, 0.25) is 0 Å². The minimum Gasteiger partial charge on any atom is -0.391 e. The van der Waals surface area contributed by atoms with Crippen LogP contribution >= 0.6 is 0 Å². The molecule has 5 heteroatoms. The summed E-state index contributed by atoms with van der Waals surface area (Å²) < 4.78 is 0. The monoisotopic (exact) mass is 263 g/mol.